The largest absolute Gasteiger partial charge is 0.384 e. The van der Waals surface area contributed by atoms with E-state index in [0.29, 0.717) is 11.5 Å². The van der Waals surface area contributed by atoms with Crippen LogP contribution in [0.2, 0.25) is 5.15 Å². The maximum atomic E-state index is 11.7. The van der Waals surface area contributed by atoms with Gasteiger partial charge < -0.3 is 11.1 Å². The molecule has 2 rings (SSSR count). The predicted octanol–water partition coefficient (Wildman–Crippen LogP) is 2.44. The highest BCUT2D eigenvalue weighted by Gasteiger charge is 2.06. The molecule has 0 saturated carbocycles. The minimum Gasteiger partial charge on any atom is -0.384 e. The van der Waals surface area contributed by atoms with Gasteiger partial charge in [-0.2, -0.15) is 0 Å². The zero-order chi connectivity index (χ0) is 13.7. The normalized spacial score (nSPS) is 10.2. The Morgan fingerprint density at radius 3 is 2.89 bits per heavy atom. The lowest BCUT2D eigenvalue weighted by Gasteiger charge is -2.06. The molecule has 0 atom stereocenters. The lowest BCUT2D eigenvalue weighted by Crippen LogP contribution is -2.14. The van der Waals surface area contributed by atoms with E-state index in [1.807, 2.05) is 6.07 Å². The number of hydrogen-bond acceptors (Lipinski definition) is 5. The summed E-state index contributed by atoms with van der Waals surface area (Å²) in [6.07, 6.45) is 3.19. The first kappa shape index (κ1) is 13.6. The molecule has 0 fully saturated rings. The number of rotatable bonds is 4. The number of amides is 1. The lowest BCUT2D eigenvalue weighted by molar-refractivity contribution is -0.113. The molecule has 19 heavy (non-hydrogen) atoms. The van der Waals surface area contributed by atoms with Gasteiger partial charge in [0, 0.05) is 17.3 Å². The molecule has 1 amide bonds. The van der Waals surface area contributed by atoms with Crippen LogP contribution in [-0.2, 0) is 4.79 Å². The lowest BCUT2D eigenvalue weighted by atomic mass is 10.4. The number of hydrogen-bond donors (Lipinski definition) is 2. The first-order valence-electron chi connectivity index (χ1n) is 5.40. The Morgan fingerprint density at radius 2 is 2.21 bits per heavy atom. The summed E-state index contributed by atoms with van der Waals surface area (Å²) in [6.45, 7) is 0. The van der Waals surface area contributed by atoms with Crippen LogP contribution in [0.1, 0.15) is 0 Å². The van der Waals surface area contributed by atoms with Crippen LogP contribution in [0.4, 0.5) is 11.5 Å². The Morgan fingerprint density at radius 1 is 1.37 bits per heavy atom. The molecule has 0 aliphatic heterocycles. The van der Waals surface area contributed by atoms with Crippen molar-refractivity contribution in [3.63, 3.8) is 0 Å². The Hall–Kier alpha value is -1.79. The van der Waals surface area contributed by atoms with E-state index < -0.39 is 0 Å². The first-order chi connectivity index (χ1) is 9.15. The molecule has 0 radical (unpaired) electrons. The maximum absolute atomic E-state index is 11.7. The molecule has 2 heterocycles. The van der Waals surface area contributed by atoms with Crippen molar-refractivity contribution in [3.05, 3.63) is 41.8 Å². The fourth-order valence-corrected chi connectivity index (χ4v) is 2.12. The van der Waals surface area contributed by atoms with E-state index in [1.165, 1.54) is 11.8 Å². The highest BCUT2D eigenvalue weighted by molar-refractivity contribution is 8.00. The van der Waals surface area contributed by atoms with Crippen LogP contribution in [0.5, 0.6) is 0 Å². The summed E-state index contributed by atoms with van der Waals surface area (Å²) >= 11 is 7.22. The van der Waals surface area contributed by atoms with Gasteiger partial charge in [-0.1, -0.05) is 11.6 Å². The molecule has 0 unspecified atom stereocenters. The molecule has 3 N–H and O–H groups in total. The first-order valence-corrected chi connectivity index (χ1v) is 6.76. The number of thioether (sulfide) groups is 1. The Kier molecular flexibility index (Phi) is 4.59. The van der Waals surface area contributed by atoms with E-state index >= 15 is 0 Å². The Bertz CT molecular complexity index is 576. The summed E-state index contributed by atoms with van der Waals surface area (Å²) in [6, 6.07) is 6.91. The number of aromatic nitrogens is 2. The van der Waals surface area contributed by atoms with Gasteiger partial charge in [0.05, 0.1) is 11.4 Å². The summed E-state index contributed by atoms with van der Waals surface area (Å²) in [5.41, 5.74) is 5.99. The third kappa shape index (κ3) is 4.11. The number of pyridine rings is 2. The number of nitrogens with one attached hydrogen (secondary N) is 1. The van der Waals surface area contributed by atoms with Gasteiger partial charge in [0.1, 0.15) is 5.82 Å². The third-order valence-electron chi connectivity index (χ3n) is 2.16. The third-order valence-corrected chi connectivity index (χ3v) is 3.44. The number of nitrogens with zero attached hydrogens (tertiary/aromatic N) is 2. The molecular formula is C12H11ClN4OS. The van der Waals surface area contributed by atoms with Gasteiger partial charge in [-0.25, -0.2) is 9.97 Å². The van der Waals surface area contributed by atoms with Gasteiger partial charge >= 0.3 is 0 Å². The van der Waals surface area contributed by atoms with Crippen LogP contribution in [0.3, 0.4) is 0 Å². The molecule has 5 nitrogen and oxygen atoms in total. The van der Waals surface area contributed by atoms with Crippen molar-refractivity contribution >= 4 is 40.8 Å². The van der Waals surface area contributed by atoms with E-state index in [1.54, 1.807) is 30.6 Å². The summed E-state index contributed by atoms with van der Waals surface area (Å²) in [7, 11) is 0. The van der Waals surface area contributed by atoms with Crippen LogP contribution in [0, 0.1) is 0 Å². The Balaban J connectivity index is 1.88. The van der Waals surface area contributed by atoms with Crippen molar-refractivity contribution < 1.29 is 4.79 Å². The topological polar surface area (TPSA) is 80.9 Å². The highest BCUT2D eigenvalue weighted by Crippen LogP contribution is 2.20. The molecule has 0 aliphatic rings. The SMILES string of the molecule is Nc1ccc(SCC(=O)Nc2cccnc2Cl)cn1. The van der Waals surface area contributed by atoms with Gasteiger partial charge in [-0.05, 0) is 24.3 Å². The monoisotopic (exact) mass is 294 g/mol. The molecule has 2 aromatic heterocycles. The molecule has 0 saturated heterocycles. The smallest absolute Gasteiger partial charge is 0.234 e. The van der Waals surface area contributed by atoms with Crippen LogP contribution in [0.15, 0.2) is 41.6 Å². The van der Waals surface area contributed by atoms with Gasteiger partial charge in [0.25, 0.3) is 0 Å². The molecular weight excluding hydrogens is 284 g/mol. The van der Waals surface area contributed by atoms with Crippen LogP contribution in [0.25, 0.3) is 0 Å². The molecule has 0 bridgehead atoms. The van der Waals surface area contributed by atoms with Crippen molar-refractivity contribution in [1.82, 2.24) is 9.97 Å². The second-order valence-electron chi connectivity index (χ2n) is 3.60. The zero-order valence-electron chi connectivity index (χ0n) is 9.84. The summed E-state index contributed by atoms with van der Waals surface area (Å²) < 4.78 is 0. The second kappa shape index (κ2) is 6.40. The zero-order valence-corrected chi connectivity index (χ0v) is 11.4. The van der Waals surface area contributed by atoms with E-state index in [-0.39, 0.29) is 16.8 Å². The number of carbonyl (C=O) groups excluding carboxylic acids is 1. The van der Waals surface area contributed by atoms with Crippen molar-refractivity contribution in [2.24, 2.45) is 0 Å². The van der Waals surface area contributed by atoms with E-state index in [4.69, 9.17) is 17.3 Å². The van der Waals surface area contributed by atoms with E-state index in [2.05, 4.69) is 15.3 Å². The number of nitrogen functional groups attached to an aromatic ring is 1. The van der Waals surface area contributed by atoms with Crippen molar-refractivity contribution in [2.45, 2.75) is 4.90 Å². The average Bonchev–Trinajstić information content (AvgIpc) is 2.41. The summed E-state index contributed by atoms with van der Waals surface area (Å²) in [5, 5.41) is 2.97. The highest BCUT2D eigenvalue weighted by atomic mass is 35.5. The number of nitrogens with two attached hydrogens (primary N) is 1. The molecule has 7 heteroatoms. The van der Waals surface area contributed by atoms with Crippen molar-refractivity contribution in [2.75, 3.05) is 16.8 Å². The van der Waals surface area contributed by atoms with Crippen molar-refractivity contribution in [3.8, 4) is 0 Å². The fraction of sp³-hybridized carbons (Fsp3) is 0.0833. The number of anilines is 2. The van der Waals surface area contributed by atoms with Gasteiger partial charge in [-0.15, -0.1) is 11.8 Å². The van der Waals surface area contributed by atoms with Gasteiger partial charge in [0.15, 0.2) is 5.15 Å². The Labute approximate surface area is 119 Å². The quantitative estimate of drug-likeness (QED) is 0.669. The molecule has 0 aromatic carbocycles. The molecule has 98 valence electrons. The van der Waals surface area contributed by atoms with E-state index in [9.17, 15) is 4.79 Å². The van der Waals surface area contributed by atoms with Crippen LogP contribution >= 0.6 is 23.4 Å². The molecule has 2 aromatic rings. The minimum absolute atomic E-state index is 0.156. The van der Waals surface area contributed by atoms with Gasteiger partial charge in [0.2, 0.25) is 5.91 Å². The average molecular weight is 295 g/mol. The molecule has 0 aliphatic carbocycles. The number of carbonyl (C=O) groups is 1. The van der Waals surface area contributed by atoms with Crippen molar-refractivity contribution in [1.29, 1.82) is 0 Å². The maximum Gasteiger partial charge on any atom is 0.234 e. The second-order valence-corrected chi connectivity index (χ2v) is 5.00. The van der Waals surface area contributed by atoms with Crippen LogP contribution < -0.4 is 11.1 Å². The minimum atomic E-state index is -0.156. The molecule has 0 spiro atoms. The summed E-state index contributed by atoms with van der Waals surface area (Å²) in [5.74, 6) is 0.560. The predicted molar refractivity (Wildman–Crippen MR) is 77.3 cm³/mol. The van der Waals surface area contributed by atoms with E-state index in [0.717, 1.165) is 4.90 Å². The standard InChI is InChI=1S/C12H11ClN4OS/c13-12-9(2-1-5-15-12)17-11(18)7-19-8-3-4-10(14)16-6-8/h1-6H,7H2,(H2,14,16)(H,17,18). The number of halogens is 1. The fourth-order valence-electron chi connectivity index (χ4n) is 1.29. The van der Waals surface area contributed by atoms with Crippen LogP contribution in [-0.4, -0.2) is 21.6 Å². The summed E-state index contributed by atoms with van der Waals surface area (Å²) in [4.78, 5) is 20.4. The van der Waals surface area contributed by atoms with Gasteiger partial charge in [-0.3, -0.25) is 4.79 Å².